The maximum atomic E-state index is 5.64. The number of ether oxygens (including phenoxy) is 1. The average Bonchev–Trinajstić information content (AvgIpc) is 2.99. The molecule has 0 aliphatic heterocycles. The average molecular weight is 259 g/mol. The first-order valence-electron chi connectivity index (χ1n) is 4.67. The van der Waals surface area contributed by atoms with Crippen LogP contribution in [0.1, 0.15) is 12.8 Å². The second kappa shape index (κ2) is 4.17. The fourth-order valence-corrected chi connectivity index (χ4v) is 1.61. The zero-order valence-electron chi connectivity index (χ0n) is 8.07. The lowest BCUT2D eigenvalue weighted by molar-refractivity contribution is -0.886. The molecular formula is C10H13BrNO2+. The Hall–Kier alpha value is -0.770. The normalized spacial score (nSPS) is 15.3. The van der Waals surface area contributed by atoms with Crippen LogP contribution in [0.2, 0.25) is 0 Å². The standard InChI is InChI=1S/C10H13BrNO2/c1-13-12-5-4-10(9(11)6-12)14-7-8-2-3-8/h4-6,8H,2-3,7H2,1H3/q+1. The number of rotatable bonds is 4. The molecule has 1 aliphatic carbocycles. The number of pyridine rings is 1. The predicted octanol–water partition coefficient (Wildman–Crippen LogP) is 1.58. The molecule has 0 spiro atoms. The third-order valence-corrected chi connectivity index (χ3v) is 2.83. The minimum absolute atomic E-state index is 0.775. The van der Waals surface area contributed by atoms with Gasteiger partial charge in [-0.15, -0.1) is 0 Å². The summed E-state index contributed by atoms with van der Waals surface area (Å²) in [5.41, 5.74) is 0. The summed E-state index contributed by atoms with van der Waals surface area (Å²) in [6.07, 6.45) is 6.28. The van der Waals surface area contributed by atoms with Crippen LogP contribution >= 0.6 is 15.9 Å². The van der Waals surface area contributed by atoms with Gasteiger partial charge in [-0.3, -0.25) is 4.84 Å². The van der Waals surface area contributed by atoms with Crippen molar-refractivity contribution < 1.29 is 14.3 Å². The molecule has 2 rings (SSSR count). The molecular weight excluding hydrogens is 246 g/mol. The molecule has 0 amide bonds. The number of nitrogens with zero attached hydrogens (tertiary/aromatic N) is 1. The van der Waals surface area contributed by atoms with E-state index in [9.17, 15) is 0 Å². The largest absolute Gasteiger partial charge is 0.492 e. The molecule has 1 aromatic rings. The second-order valence-electron chi connectivity index (χ2n) is 3.45. The van der Waals surface area contributed by atoms with Gasteiger partial charge in [-0.1, -0.05) is 0 Å². The van der Waals surface area contributed by atoms with Crippen molar-refractivity contribution >= 4 is 15.9 Å². The number of aromatic nitrogens is 1. The fourth-order valence-electron chi connectivity index (χ4n) is 1.16. The van der Waals surface area contributed by atoms with Gasteiger partial charge in [0.25, 0.3) is 0 Å². The van der Waals surface area contributed by atoms with Crippen LogP contribution in [0.5, 0.6) is 5.75 Å². The van der Waals surface area contributed by atoms with E-state index in [0.717, 1.165) is 22.7 Å². The molecule has 0 radical (unpaired) electrons. The summed E-state index contributed by atoms with van der Waals surface area (Å²) < 4.78 is 8.18. The van der Waals surface area contributed by atoms with Crippen molar-refractivity contribution in [3.05, 3.63) is 22.9 Å². The molecule has 0 saturated heterocycles. The van der Waals surface area contributed by atoms with E-state index in [1.54, 1.807) is 11.8 Å². The van der Waals surface area contributed by atoms with Crippen molar-refractivity contribution in [3.63, 3.8) is 0 Å². The molecule has 0 atom stereocenters. The van der Waals surface area contributed by atoms with Gasteiger partial charge in [-0.2, -0.15) is 0 Å². The SMILES string of the molecule is CO[n+]1ccc(OCC2CC2)c(Br)c1. The van der Waals surface area contributed by atoms with Crippen molar-refractivity contribution in [2.45, 2.75) is 12.8 Å². The third-order valence-electron chi connectivity index (χ3n) is 2.23. The van der Waals surface area contributed by atoms with Crippen molar-refractivity contribution in [1.82, 2.24) is 0 Å². The van der Waals surface area contributed by atoms with Crippen LogP contribution in [0.15, 0.2) is 22.9 Å². The first-order valence-corrected chi connectivity index (χ1v) is 5.47. The van der Waals surface area contributed by atoms with Gasteiger partial charge < -0.3 is 4.74 Å². The van der Waals surface area contributed by atoms with Gasteiger partial charge in [0.2, 0.25) is 12.4 Å². The lowest BCUT2D eigenvalue weighted by Gasteiger charge is -2.04. The highest BCUT2D eigenvalue weighted by Gasteiger charge is 2.22. The molecule has 1 saturated carbocycles. The van der Waals surface area contributed by atoms with Gasteiger partial charge in [0.05, 0.1) is 12.7 Å². The molecule has 1 fully saturated rings. The topological polar surface area (TPSA) is 22.3 Å². The van der Waals surface area contributed by atoms with E-state index in [-0.39, 0.29) is 0 Å². The molecule has 0 bridgehead atoms. The number of halogens is 1. The van der Waals surface area contributed by atoms with Crippen molar-refractivity contribution in [3.8, 4) is 5.75 Å². The summed E-state index contributed by atoms with van der Waals surface area (Å²) in [5.74, 6) is 1.65. The van der Waals surface area contributed by atoms with Crippen LogP contribution in [0.3, 0.4) is 0 Å². The highest BCUT2D eigenvalue weighted by atomic mass is 79.9. The molecule has 3 nitrogen and oxygen atoms in total. The molecule has 1 aliphatic rings. The Labute approximate surface area is 91.7 Å². The van der Waals surface area contributed by atoms with Gasteiger partial charge in [-0.25, -0.2) is 0 Å². The van der Waals surface area contributed by atoms with Crippen LogP contribution in [-0.4, -0.2) is 13.7 Å². The minimum atomic E-state index is 0.775. The highest BCUT2D eigenvalue weighted by molar-refractivity contribution is 9.10. The first kappa shape index (κ1) is 9.77. The Bertz CT molecular complexity index is 326. The zero-order chi connectivity index (χ0) is 9.97. The maximum absolute atomic E-state index is 5.64. The summed E-state index contributed by atoms with van der Waals surface area (Å²) >= 11 is 3.43. The van der Waals surface area contributed by atoms with Crippen LogP contribution in [0.4, 0.5) is 0 Å². The van der Waals surface area contributed by atoms with Crippen molar-refractivity contribution in [2.24, 2.45) is 5.92 Å². The van der Waals surface area contributed by atoms with Crippen LogP contribution < -0.4 is 14.3 Å². The van der Waals surface area contributed by atoms with Gasteiger partial charge in [-0.05, 0) is 34.7 Å². The summed E-state index contributed by atoms with van der Waals surface area (Å²) in [4.78, 5) is 5.02. The molecule has 14 heavy (non-hydrogen) atoms. The fraction of sp³-hybridized carbons (Fsp3) is 0.500. The molecule has 0 unspecified atom stereocenters. The Balaban J connectivity index is 2.01. The van der Waals surface area contributed by atoms with Gasteiger partial charge in [0.15, 0.2) is 0 Å². The van der Waals surface area contributed by atoms with E-state index in [1.807, 2.05) is 18.5 Å². The Morgan fingerprint density at radius 3 is 2.93 bits per heavy atom. The minimum Gasteiger partial charge on any atom is -0.492 e. The third kappa shape index (κ3) is 2.38. The van der Waals surface area contributed by atoms with E-state index in [0.29, 0.717) is 0 Å². The lowest BCUT2D eigenvalue weighted by atomic mass is 10.4. The molecule has 0 N–H and O–H groups in total. The predicted molar refractivity (Wildman–Crippen MR) is 55.1 cm³/mol. The van der Waals surface area contributed by atoms with Crippen LogP contribution in [-0.2, 0) is 0 Å². The Morgan fingerprint density at radius 1 is 1.57 bits per heavy atom. The number of hydrogen-bond donors (Lipinski definition) is 0. The monoisotopic (exact) mass is 258 g/mol. The van der Waals surface area contributed by atoms with E-state index in [1.165, 1.54) is 12.8 Å². The van der Waals surface area contributed by atoms with E-state index in [2.05, 4.69) is 15.9 Å². The summed E-state index contributed by atoms with van der Waals surface area (Å²) in [6.45, 7) is 0.829. The van der Waals surface area contributed by atoms with E-state index in [4.69, 9.17) is 9.57 Å². The summed E-state index contributed by atoms with van der Waals surface area (Å²) in [6, 6.07) is 1.90. The van der Waals surface area contributed by atoms with E-state index < -0.39 is 0 Å². The van der Waals surface area contributed by atoms with Crippen LogP contribution in [0, 0.1) is 5.92 Å². The quantitative estimate of drug-likeness (QED) is 0.766. The maximum Gasteiger partial charge on any atom is 0.240 e. The molecule has 0 aromatic carbocycles. The van der Waals surface area contributed by atoms with Crippen molar-refractivity contribution in [2.75, 3.05) is 13.7 Å². The molecule has 76 valence electrons. The highest BCUT2D eigenvalue weighted by Crippen LogP contribution is 2.31. The smallest absolute Gasteiger partial charge is 0.240 e. The second-order valence-corrected chi connectivity index (χ2v) is 4.31. The van der Waals surface area contributed by atoms with Gasteiger partial charge >= 0.3 is 0 Å². The molecule has 4 heteroatoms. The molecule has 1 heterocycles. The summed E-state index contributed by atoms with van der Waals surface area (Å²) in [5, 5.41) is 0. The van der Waals surface area contributed by atoms with Gasteiger partial charge in [0, 0.05) is 4.73 Å². The first-order chi connectivity index (χ1) is 6.79. The van der Waals surface area contributed by atoms with Crippen molar-refractivity contribution in [1.29, 1.82) is 0 Å². The van der Waals surface area contributed by atoms with E-state index >= 15 is 0 Å². The Morgan fingerprint density at radius 2 is 2.36 bits per heavy atom. The summed E-state index contributed by atoms with van der Waals surface area (Å²) in [7, 11) is 1.62. The lowest BCUT2D eigenvalue weighted by Crippen LogP contribution is -2.39. The zero-order valence-corrected chi connectivity index (χ0v) is 9.66. The number of hydrogen-bond acceptors (Lipinski definition) is 2. The molecule has 1 aromatic heterocycles. The van der Waals surface area contributed by atoms with Gasteiger partial charge in [0.1, 0.15) is 17.3 Å². The van der Waals surface area contributed by atoms with Crippen LogP contribution in [0.25, 0.3) is 0 Å². The Kier molecular flexibility index (Phi) is 2.91.